The fraction of sp³-hybridized carbons (Fsp3) is 0.318. The Kier molecular flexibility index (Phi) is 6.57. The first-order chi connectivity index (χ1) is 13.1. The zero-order valence-corrected chi connectivity index (χ0v) is 16.6. The number of carbonyl (C=O) groups excluding carboxylic acids is 2. The summed E-state index contributed by atoms with van der Waals surface area (Å²) in [5.74, 6) is -1.78. The van der Waals surface area contributed by atoms with Gasteiger partial charge in [0.2, 0.25) is 5.91 Å². The lowest BCUT2D eigenvalue weighted by molar-refractivity contribution is -0.139. The maximum atomic E-state index is 12.4. The number of benzene rings is 2. The van der Waals surface area contributed by atoms with Gasteiger partial charge in [-0.3, -0.25) is 9.59 Å². The van der Waals surface area contributed by atoms with Gasteiger partial charge in [0, 0.05) is 24.6 Å². The quantitative estimate of drug-likeness (QED) is 0.714. The molecule has 0 spiro atoms. The molecule has 6 nitrogen and oxygen atoms in total. The number of carboxylic acid groups (broad SMARTS) is 1. The van der Waals surface area contributed by atoms with E-state index < -0.39 is 17.9 Å². The first-order valence-electron chi connectivity index (χ1n) is 9.07. The molecule has 2 aromatic rings. The third-order valence-corrected chi connectivity index (χ3v) is 4.33. The molecule has 3 N–H and O–H groups in total. The van der Waals surface area contributed by atoms with E-state index in [1.165, 1.54) is 19.1 Å². The van der Waals surface area contributed by atoms with E-state index in [-0.39, 0.29) is 17.7 Å². The molecule has 0 aliphatic carbocycles. The van der Waals surface area contributed by atoms with E-state index in [4.69, 9.17) is 0 Å². The molecule has 2 amide bonds. The molecule has 2 aromatic carbocycles. The number of nitrogens with one attached hydrogen (secondary N) is 2. The van der Waals surface area contributed by atoms with Crippen LogP contribution in [0.5, 0.6) is 0 Å². The van der Waals surface area contributed by atoms with E-state index in [0.717, 1.165) is 11.1 Å². The number of aliphatic carboxylic acids is 1. The molecule has 6 heteroatoms. The van der Waals surface area contributed by atoms with Crippen molar-refractivity contribution >= 4 is 23.5 Å². The van der Waals surface area contributed by atoms with Crippen LogP contribution in [0.2, 0.25) is 0 Å². The van der Waals surface area contributed by atoms with Crippen molar-refractivity contribution in [2.45, 2.75) is 45.6 Å². The van der Waals surface area contributed by atoms with Crippen LogP contribution in [0, 0.1) is 0 Å². The molecule has 0 saturated heterocycles. The molecule has 148 valence electrons. The van der Waals surface area contributed by atoms with Crippen molar-refractivity contribution < 1.29 is 19.5 Å². The van der Waals surface area contributed by atoms with Gasteiger partial charge in [0.05, 0.1) is 0 Å². The molecule has 0 radical (unpaired) electrons. The second kappa shape index (κ2) is 8.69. The SMILES string of the molecule is CC(=O)Nc1ccc(C(=O)N[C@@H](Cc2ccc(C(C)(C)C)cc2)C(=O)O)cc1. The maximum Gasteiger partial charge on any atom is 0.326 e. The highest BCUT2D eigenvalue weighted by Crippen LogP contribution is 2.22. The molecule has 0 aromatic heterocycles. The van der Waals surface area contributed by atoms with Crippen molar-refractivity contribution in [2.24, 2.45) is 0 Å². The molecule has 0 bridgehead atoms. The van der Waals surface area contributed by atoms with Gasteiger partial charge in [0.25, 0.3) is 5.91 Å². The molecule has 1 atom stereocenters. The molecule has 2 rings (SSSR count). The summed E-state index contributed by atoms with van der Waals surface area (Å²) in [6.07, 6.45) is 0.190. The number of hydrogen-bond acceptors (Lipinski definition) is 3. The van der Waals surface area contributed by atoms with E-state index in [2.05, 4.69) is 31.4 Å². The molecule has 0 fully saturated rings. The average molecular weight is 382 g/mol. The Morgan fingerprint density at radius 2 is 1.54 bits per heavy atom. The number of hydrogen-bond donors (Lipinski definition) is 3. The van der Waals surface area contributed by atoms with Gasteiger partial charge in [-0.05, 0) is 40.8 Å². The Morgan fingerprint density at radius 3 is 2.00 bits per heavy atom. The van der Waals surface area contributed by atoms with E-state index in [1.807, 2.05) is 24.3 Å². The van der Waals surface area contributed by atoms with Gasteiger partial charge < -0.3 is 15.7 Å². The van der Waals surface area contributed by atoms with Crippen LogP contribution in [0.1, 0.15) is 49.2 Å². The summed E-state index contributed by atoms with van der Waals surface area (Å²) >= 11 is 0. The van der Waals surface area contributed by atoms with E-state index >= 15 is 0 Å². The van der Waals surface area contributed by atoms with E-state index in [9.17, 15) is 19.5 Å². The van der Waals surface area contributed by atoms with Crippen molar-refractivity contribution in [2.75, 3.05) is 5.32 Å². The summed E-state index contributed by atoms with van der Waals surface area (Å²) in [5.41, 5.74) is 2.90. The standard InChI is InChI=1S/C22H26N2O4/c1-14(25)23-18-11-7-16(8-12-18)20(26)24-19(21(27)28)13-15-5-9-17(10-6-15)22(2,3)4/h5-12,19H,13H2,1-4H3,(H,23,25)(H,24,26)(H,27,28)/t19-/m0/s1. The lowest BCUT2D eigenvalue weighted by Gasteiger charge is -2.20. The zero-order chi connectivity index (χ0) is 20.9. The third-order valence-electron chi connectivity index (χ3n) is 4.33. The number of carboxylic acids is 1. The number of rotatable bonds is 6. The number of amides is 2. The van der Waals surface area contributed by atoms with E-state index in [0.29, 0.717) is 11.3 Å². The highest BCUT2D eigenvalue weighted by atomic mass is 16.4. The Balaban J connectivity index is 2.07. The van der Waals surface area contributed by atoms with Crippen molar-refractivity contribution in [1.82, 2.24) is 5.32 Å². The second-order valence-electron chi connectivity index (χ2n) is 7.77. The van der Waals surface area contributed by atoms with Crippen LogP contribution in [0.4, 0.5) is 5.69 Å². The van der Waals surface area contributed by atoms with Gasteiger partial charge in [0.1, 0.15) is 6.04 Å². The van der Waals surface area contributed by atoms with Crippen LogP contribution in [0.15, 0.2) is 48.5 Å². The van der Waals surface area contributed by atoms with Crippen molar-refractivity contribution in [1.29, 1.82) is 0 Å². The van der Waals surface area contributed by atoms with Gasteiger partial charge in [0.15, 0.2) is 0 Å². The molecular formula is C22H26N2O4. The van der Waals surface area contributed by atoms with Crippen LogP contribution in [0.25, 0.3) is 0 Å². The first kappa shape index (κ1) is 21.2. The fourth-order valence-corrected chi connectivity index (χ4v) is 2.73. The average Bonchev–Trinajstić information content (AvgIpc) is 2.60. The van der Waals surface area contributed by atoms with E-state index in [1.54, 1.807) is 12.1 Å². The largest absolute Gasteiger partial charge is 0.480 e. The smallest absolute Gasteiger partial charge is 0.326 e. The van der Waals surface area contributed by atoms with Crippen molar-refractivity contribution in [3.63, 3.8) is 0 Å². The predicted octanol–water partition coefficient (Wildman–Crippen LogP) is 3.37. The summed E-state index contributed by atoms with van der Waals surface area (Å²) in [6, 6.07) is 13.0. The normalized spacial score (nSPS) is 12.1. The number of carbonyl (C=O) groups is 3. The van der Waals surface area contributed by atoms with Crippen LogP contribution >= 0.6 is 0 Å². The Morgan fingerprint density at radius 1 is 0.964 bits per heavy atom. The molecular weight excluding hydrogens is 356 g/mol. The van der Waals surface area contributed by atoms with Gasteiger partial charge in [-0.2, -0.15) is 0 Å². The van der Waals surface area contributed by atoms with Gasteiger partial charge >= 0.3 is 5.97 Å². The van der Waals surface area contributed by atoms with Crippen LogP contribution in [0.3, 0.4) is 0 Å². The lowest BCUT2D eigenvalue weighted by Crippen LogP contribution is -2.42. The van der Waals surface area contributed by atoms with Gasteiger partial charge in [-0.1, -0.05) is 45.0 Å². The summed E-state index contributed by atoms with van der Waals surface area (Å²) in [4.78, 5) is 35.1. The molecule has 0 aliphatic rings. The summed E-state index contributed by atoms with van der Waals surface area (Å²) in [6.45, 7) is 7.73. The third kappa shape index (κ3) is 5.94. The predicted molar refractivity (Wildman–Crippen MR) is 108 cm³/mol. The minimum absolute atomic E-state index is 0.0162. The molecule has 0 saturated carbocycles. The monoisotopic (exact) mass is 382 g/mol. The summed E-state index contributed by atoms with van der Waals surface area (Å²) in [5, 5.41) is 14.7. The molecule has 0 unspecified atom stereocenters. The molecule has 0 aliphatic heterocycles. The summed E-state index contributed by atoms with van der Waals surface area (Å²) < 4.78 is 0. The minimum Gasteiger partial charge on any atom is -0.480 e. The number of anilines is 1. The maximum absolute atomic E-state index is 12.4. The van der Waals surface area contributed by atoms with Crippen LogP contribution in [-0.2, 0) is 21.4 Å². The minimum atomic E-state index is -1.09. The van der Waals surface area contributed by atoms with Crippen molar-refractivity contribution in [3.8, 4) is 0 Å². The highest BCUT2D eigenvalue weighted by Gasteiger charge is 2.22. The summed E-state index contributed by atoms with van der Waals surface area (Å²) in [7, 11) is 0. The van der Waals surface area contributed by atoms with Crippen LogP contribution < -0.4 is 10.6 Å². The Labute approximate surface area is 165 Å². The Hall–Kier alpha value is -3.15. The zero-order valence-electron chi connectivity index (χ0n) is 16.6. The van der Waals surface area contributed by atoms with Gasteiger partial charge in [-0.25, -0.2) is 4.79 Å². The lowest BCUT2D eigenvalue weighted by atomic mass is 9.86. The molecule has 28 heavy (non-hydrogen) atoms. The Bertz CT molecular complexity index is 850. The highest BCUT2D eigenvalue weighted by molar-refractivity contribution is 5.97. The van der Waals surface area contributed by atoms with Gasteiger partial charge in [-0.15, -0.1) is 0 Å². The first-order valence-corrected chi connectivity index (χ1v) is 9.07. The topological polar surface area (TPSA) is 95.5 Å². The second-order valence-corrected chi connectivity index (χ2v) is 7.77. The molecule has 0 heterocycles. The van der Waals surface area contributed by atoms with Crippen molar-refractivity contribution in [3.05, 3.63) is 65.2 Å². The fourth-order valence-electron chi connectivity index (χ4n) is 2.73. The van der Waals surface area contributed by atoms with Crippen LogP contribution in [-0.4, -0.2) is 28.9 Å².